The molecule has 1 amide bonds. The second kappa shape index (κ2) is 21.2. The Morgan fingerprint density at radius 1 is 0.542 bits per heavy atom. The van der Waals surface area contributed by atoms with Crippen LogP contribution >= 0.6 is 0 Å². The highest BCUT2D eigenvalue weighted by Gasteiger charge is 2.25. The molecule has 4 aromatic carbocycles. The average Bonchev–Trinajstić information content (AvgIpc) is 3.16. The average molecular weight is 805 g/mol. The smallest absolute Gasteiger partial charge is 0.339 e. The summed E-state index contributed by atoms with van der Waals surface area (Å²) < 4.78 is 15.9. The maximum atomic E-state index is 14.0. The van der Waals surface area contributed by atoms with Gasteiger partial charge in [-0.25, -0.2) is 14.4 Å². The minimum absolute atomic E-state index is 0. The van der Waals surface area contributed by atoms with Gasteiger partial charge in [-0.2, -0.15) is 0 Å². The molecule has 0 aliphatic heterocycles. The maximum absolute atomic E-state index is 14.0. The van der Waals surface area contributed by atoms with Crippen molar-refractivity contribution >= 4 is 46.8 Å². The number of ether oxygens (including phenoxy) is 3. The SMILES string of the molecule is C.C.C=C(C)C(=O)CCOC(=O)c1cc(-c2cc(C(=O)OCCOC(=O)C(=C)C)c(C(=O)Nc3ccc(-c4ccc(NC)cc4C)c(C)c3)cc2C)c(C)cc1C(C)=O. The minimum atomic E-state index is -0.861. The number of esters is 3. The van der Waals surface area contributed by atoms with Crippen LogP contribution < -0.4 is 10.6 Å². The van der Waals surface area contributed by atoms with Gasteiger partial charge in [-0.1, -0.05) is 40.1 Å². The van der Waals surface area contributed by atoms with Gasteiger partial charge in [0.2, 0.25) is 0 Å². The predicted molar refractivity (Wildman–Crippen MR) is 234 cm³/mol. The second-order valence-electron chi connectivity index (χ2n) is 13.9. The largest absolute Gasteiger partial charge is 0.462 e. The van der Waals surface area contributed by atoms with Crippen LogP contribution in [0.2, 0.25) is 0 Å². The van der Waals surface area contributed by atoms with Crippen molar-refractivity contribution in [3.63, 3.8) is 0 Å². The third kappa shape index (κ3) is 12.0. The van der Waals surface area contributed by atoms with Crippen molar-refractivity contribution in [2.45, 2.75) is 69.7 Å². The van der Waals surface area contributed by atoms with E-state index in [0.29, 0.717) is 33.5 Å². The summed E-state index contributed by atoms with van der Waals surface area (Å²) in [6.45, 7) is 18.3. The van der Waals surface area contributed by atoms with Gasteiger partial charge in [0.05, 0.1) is 23.3 Å². The summed E-state index contributed by atoms with van der Waals surface area (Å²) in [4.78, 5) is 77.6. The number of hydrogen-bond acceptors (Lipinski definition) is 10. The monoisotopic (exact) mass is 804 g/mol. The van der Waals surface area contributed by atoms with E-state index in [9.17, 15) is 28.8 Å². The molecule has 0 fully saturated rings. The molecule has 0 aliphatic carbocycles. The Labute approximate surface area is 347 Å². The van der Waals surface area contributed by atoms with Gasteiger partial charge in [0.25, 0.3) is 5.91 Å². The molecule has 0 radical (unpaired) electrons. The maximum Gasteiger partial charge on any atom is 0.339 e. The Balaban J connectivity index is 0.00000600. The normalized spacial score (nSPS) is 10.2. The Hall–Kier alpha value is -6.62. The number of anilines is 2. The Morgan fingerprint density at radius 3 is 1.49 bits per heavy atom. The van der Waals surface area contributed by atoms with Crippen molar-refractivity contribution in [1.82, 2.24) is 0 Å². The lowest BCUT2D eigenvalue weighted by Crippen LogP contribution is -2.20. The van der Waals surface area contributed by atoms with Gasteiger partial charge in [0, 0.05) is 36.0 Å². The molecule has 0 spiro atoms. The number of carbonyl (C=O) groups excluding carboxylic acids is 6. The van der Waals surface area contributed by atoms with Gasteiger partial charge >= 0.3 is 17.9 Å². The summed E-state index contributed by atoms with van der Waals surface area (Å²) in [5.74, 6) is -3.52. The van der Waals surface area contributed by atoms with Crippen molar-refractivity contribution in [3.05, 3.63) is 129 Å². The topological polar surface area (TPSA) is 154 Å². The zero-order valence-corrected chi connectivity index (χ0v) is 33.7. The second-order valence-corrected chi connectivity index (χ2v) is 13.9. The molecule has 0 aromatic heterocycles. The van der Waals surface area contributed by atoms with Crippen molar-refractivity contribution in [1.29, 1.82) is 0 Å². The van der Waals surface area contributed by atoms with Gasteiger partial charge < -0.3 is 24.8 Å². The highest BCUT2D eigenvalue weighted by atomic mass is 16.6. The first-order valence-electron chi connectivity index (χ1n) is 18.3. The van der Waals surface area contributed by atoms with Gasteiger partial charge in [-0.15, -0.1) is 0 Å². The first-order valence-corrected chi connectivity index (χ1v) is 18.3. The summed E-state index contributed by atoms with van der Waals surface area (Å²) in [6.07, 6.45) is -0.0656. The van der Waals surface area contributed by atoms with Crippen molar-refractivity contribution in [2.24, 2.45) is 0 Å². The minimum Gasteiger partial charge on any atom is -0.462 e. The van der Waals surface area contributed by atoms with Crippen LogP contribution in [0.15, 0.2) is 85.0 Å². The molecular weight excluding hydrogens is 749 g/mol. The number of carbonyl (C=O) groups is 6. The van der Waals surface area contributed by atoms with Crippen molar-refractivity contribution in [2.75, 3.05) is 37.5 Å². The summed E-state index contributed by atoms with van der Waals surface area (Å²) >= 11 is 0. The predicted octanol–water partition coefficient (Wildman–Crippen LogP) is 9.99. The number of rotatable bonds is 16. The fraction of sp³-hybridized carbons (Fsp3) is 0.292. The zero-order chi connectivity index (χ0) is 42.1. The lowest BCUT2D eigenvalue weighted by atomic mass is 9.88. The van der Waals surface area contributed by atoms with E-state index in [1.165, 1.54) is 26.0 Å². The number of ketones is 2. The molecule has 0 atom stereocenters. The number of amides is 1. The molecule has 2 N–H and O–H groups in total. The first-order chi connectivity index (χ1) is 26.9. The fourth-order valence-electron chi connectivity index (χ4n) is 6.17. The quantitative estimate of drug-likeness (QED) is 0.0368. The van der Waals surface area contributed by atoms with Crippen LogP contribution in [0, 0.1) is 27.7 Å². The molecule has 11 heteroatoms. The number of benzene rings is 4. The van der Waals surface area contributed by atoms with E-state index < -0.39 is 23.8 Å². The highest BCUT2D eigenvalue weighted by molar-refractivity contribution is 6.12. The van der Waals surface area contributed by atoms with E-state index in [1.807, 2.05) is 45.2 Å². The molecule has 0 heterocycles. The number of nitrogens with one attached hydrogen (secondary N) is 2. The molecule has 0 aliphatic rings. The Kier molecular flexibility index (Phi) is 17.5. The van der Waals surface area contributed by atoms with Gasteiger partial charge in [0.15, 0.2) is 11.6 Å². The van der Waals surface area contributed by atoms with E-state index in [1.54, 1.807) is 39.0 Å². The number of hydrogen-bond donors (Lipinski definition) is 2. The Morgan fingerprint density at radius 2 is 1.00 bits per heavy atom. The lowest BCUT2D eigenvalue weighted by Gasteiger charge is -2.18. The molecule has 0 bridgehead atoms. The highest BCUT2D eigenvalue weighted by Crippen LogP contribution is 2.34. The van der Waals surface area contributed by atoms with Gasteiger partial charge in [-0.3, -0.25) is 14.4 Å². The van der Waals surface area contributed by atoms with Crippen molar-refractivity contribution < 1.29 is 43.0 Å². The molecule has 59 heavy (non-hydrogen) atoms. The summed E-state index contributed by atoms with van der Waals surface area (Å²) in [5.41, 5.74) is 8.23. The van der Waals surface area contributed by atoms with E-state index in [-0.39, 0.29) is 80.5 Å². The zero-order valence-electron chi connectivity index (χ0n) is 33.7. The van der Waals surface area contributed by atoms with Crippen LogP contribution in [0.25, 0.3) is 22.3 Å². The van der Waals surface area contributed by atoms with E-state index in [2.05, 4.69) is 29.9 Å². The van der Waals surface area contributed by atoms with E-state index in [0.717, 1.165) is 27.9 Å². The molecular formula is C48H56N2O9. The third-order valence-electron chi connectivity index (χ3n) is 9.31. The molecule has 312 valence electrons. The molecule has 0 saturated carbocycles. The van der Waals surface area contributed by atoms with Crippen molar-refractivity contribution in [3.8, 4) is 22.3 Å². The van der Waals surface area contributed by atoms with Crippen LogP contribution in [0.3, 0.4) is 0 Å². The standard InChI is InChI=1S/C46H48N2O9.2CH4/c1-25(2)42(50)15-16-55-45(53)40-23-36(29(7)21-38(40)31(9)49)37-24-41(46(54)57-18-17-56-44(52)26(3)4)39(22-30(37)8)43(51)48-33-12-14-35(28(6)20-33)34-13-11-32(47-10)19-27(34)5;;/h11-14,19-24,47H,1,3,15-18H2,2,4-10H3,(H,48,51);2*1H4. The Bertz CT molecular complexity index is 2320. The van der Waals surface area contributed by atoms with Gasteiger partial charge in [-0.05, 0) is 147 Å². The number of Topliss-reactive ketones (excluding diaryl/α,β-unsaturated/α-hetero) is 2. The lowest BCUT2D eigenvalue weighted by molar-refractivity contribution is -0.140. The van der Waals surface area contributed by atoms with Crippen LogP contribution in [-0.4, -0.2) is 62.2 Å². The fourth-order valence-corrected chi connectivity index (χ4v) is 6.17. The van der Waals surface area contributed by atoms with Crippen LogP contribution in [0.1, 0.15) is 106 Å². The van der Waals surface area contributed by atoms with Crippen LogP contribution in [-0.2, 0) is 23.8 Å². The summed E-state index contributed by atoms with van der Waals surface area (Å²) in [5, 5.41) is 6.05. The molecule has 4 aromatic rings. The number of aryl methyl sites for hydroxylation is 4. The number of allylic oxidation sites excluding steroid dienone is 1. The molecule has 11 nitrogen and oxygen atoms in total. The molecule has 0 saturated heterocycles. The third-order valence-corrected chi connectivity index (χ3v) is 9.31. The molecule has 4 rings (SSSR count). The van der Waals surface area contributed by atoms with E-state index in [4.69, 9.17) is 14.2 Å². The van der Waals surface area contributed by atoms with Crippen LogP contribution in [0.4, 0.5) is 11.4 Å². The summed E-state index contributed by atoms with van der Waals surface area (Å²) in [6, 6.07) is 17.8. The van der Waals surface area contributed by atoms with Gasteiger partial charge in [0.1, 0.15) is 13.2 Å². The van der Waals surface area contributed by atoms with Crippen LogP contribution in [0.5, 0.6) is 0 Å². The molecule has 0 unspecified atom stereocenters. The summed E-state index contributed by atoms with van der Waals surface area (Å²) in [7, 11) is 1.86. The van der Waals surface area contributed by atoms with E-state index >= 15 is 0 Å². The first kappa shape index (κ1) is 48.5.